The van der Waals surface area contributed by atoms with Crippen LogP contribution in [-0.4, -0.2) is 20.7 Å². The van der Waals surface area contributed by atoms with Gasteiger partial charge in [0.2, 0.25) is 0 Å². The Kier molecular flexibility index (Phi) is 3.28. The smallest absolute Gasteiger partial charge is 0.153 e. The highest BCUT2D eigenvalue weighted by Gasteiger charge is 2.21. The molecule has 0 aromatic carbocycles. The van der Waals surface area contributed by atoms with E-state index in [0.29, 0.717) is 5.92 Å². The van der Waals surface area contributed by atoms with Gasteiger partial charge in [0, 0.05) is 17.9 Å². The molecule has 0 saturated heterocycles. The zero-order valence-electron chi connectivity index (χ0n) is 10.3. The van der Waals surface area contributed by atoms with Gasteiger partial charge in [0.1, 0.15) is 5.82 Å². The van der Waals surface area contributed by atoms with Crippen LogP contribution in [0.2, 0.25) is 0 Å². The van der Waals surface area contributed by atoms with Crippen LogP contribution in [0.3, 0.4) is 0 Å². The van der Waals surface area contributed by atoms with E-state index >= 15 is 0 Å². The molecule has 0 unspecified atom stereocenters. The number of nitrogens with one attached hydrogen (secondary N) is 1. The van der Waals surface area contributed by atoms with Gasteiger partial charge in [0.25, 0.3) is 0 Å². The molecule has 4 heteroatoms. The lowest BCUT2D eigenvalue weighted by atomic mass is 10.00. The molecule has 1 saturated carbocycles. The van der Waals surface area contributed by atoms with E-state index in [2.05, 4.69) is 15.2 Å². The van der Waals surface area contributed by atoms with Gasteiger partial charge >= 0.3 is 0 Å². The first-order valence-electron chi connectivity index (χ1n) is 6.25. The fourth-order valence-electron chi connectivity index (χ4n) is 2.23. The molecule has 1 aliphatic rings. The molecular weight excluding hydrogens is 200 g/mol. The maximum atomic E-state index is 5.95. The summed E-state index contributed by atoms with van der Waals surface area (Å²) in [5.41, 5.74) is 5.83. The summed E-state index contributed by atoms with van der Waals surface area (Å²) in [5.74, 6) is 2.60. The van der Waals surface area contributed by atoms with Gasteiger partial charge < -0.3 is 5.73 Å². The van der Waals surface area contributed by atoms with Gasteiger partial charge in [-0.15, -0.1) is 0 Å². The Hall–Kier alpha value is -0.900. The molecule has 1 aliphatic carbocycles. The maximum absolute atomic E-state index is 5.95. The van der Waals surface area contributed by atoms with Crippen molar-refractivity contribution in [3.8, 4) is 0 Å². The topological polar surface area (TPSA) is 67.6 Å². The van der Waals surface area contributed by atoms with Crippen LogP contribution in [0.25, 0.3) is 0 Å². The summed E-state index contributed by atoms with van der Waals surface area (Å²) in [7, 11) is 0. The van der Waals surface area contributed by atoms with E-state index < -0.39 is 0 Å². The first-order valence-corrected chi connectivity index (χ1v) is 6.25. The number of nitrogens with two attached hydrogens (primary N) is 1. The second-order valence-corrected chi connectivity index (χ2v) is 5.61. The number of nitrogens with zero attached hydrogens (tertiary/aromatic N) is 2. The first kappa shape index (κ1) is 11.6. The first-order chi connectivity index (χ1) is 7.54. The number of H-pyrrole nitrogens is 1. The quantitative estimate of drug-likeness (QED) is 0.820. The van der Waals surface area contributed by atoms with E-state index in [1.165, 1.54) is 25.7 Å². The number of rotatable bonds is 4. The van der Waals surface area contributed by atoms with E-state index in [0.717, 1.165) is 24.5 Å². The second kappa shape index (κ2) is 4.53. The number of aryl methyl sites for hydroxylation is 1. The molecule has 0 amide bonds. The molecule has 1 fully saturated rings. The van der Waals surface area contributed by atoms with E-state index in [1.807, 2.05) is 13.8 Å². The molecule has 0 atom stereocenters. The van der Waals surface area contributed by atoms with Gasteiger partial charge in [-0.25, -0.2) is 4.98 Å². The Labute approximate surface area is 97.0 Å². The van der Waals surface area contributed by atoms with Crippen molar-refractivity contribution in [2.45, 2.75) is 63.8 Å². The van der Waals surface area contributed by atoms with Gasteiger partial charge in [0.05, 0.1) is 0 Å². The number of hydrogen-bond acceptors (Lipinski definition) is 3. The summed E-state index contributed by atoms with van der Waals surface area (Å²) < 4.78 is 0. The molecule has 0 radical (unpaired) electrons. The Morgan fingerprint density at radius 3 is 2.69 bits per heavy atom. The molecule has 0 aliphatic heterocycles. The van der Waals surface area contributed by atoms with E-state index in [1.54, 1.807) is 0 Å². The van der Waals surface area contributed by atoms with Crippen LogP contribution in [0.15, 0.2) is 0 Å². The van der Waals surface area contributed by atoms with Crippen LogP contribution in [-0.2, 0) is 6.42 Å². The molecule has 1 aromatic rings. The van der Waals surface area contributed by atoms with Gasteiger partial charge in [-0.3, -0.25) is 5.10 Å². The normalized spacial score (nSPS) is 18.2. The van der Waals surface area contributed by atoms with E-state index in [-0.39, 0.29) is 5.54 Å². The standard InChI is InChI=1S/C12H22N4/c1-12(2,13)8-7-10-14-11(16-15-10)9-5-3-4-6-9/h9H,3-8,13H2,1-2H3,(H,14,15,16). The molecule has 16 heavy (non-hydrogen) atoms. The molecule has 1 aromatic heterocycles. The van der Waals surface area contributed by atoms with Crippen LogP contribution in [0.4, 0.5) is 0 Å². The van der Waals surface area contributed by atoms with Gasteiger partial charge in [0.15, 0.2) is 5.82 Å². The van der Waals surface area contributed by atoms with Crippen molar-refractivity contribution in [3.05, 3.63) is 11.6 Å². The molecule has 0 bridgehead atoms. The number of hydrogen-bond donors (Lipinski definition) is 2. The Morgan fingerprint density at radius 2 is 2.06 bits per heavy atom. The summed E-state index contributed by atoms with van der Waals surface area (Å²) >= 11 is 0. The van der Waals surface area contributed by atoms with Crippen molar-refractivity contribution in [1.82, 2.24) is 15.2 Å². The summed E-state index contributed by atoms with van der Waals surface area (Å²) in [4.78, 5) is 4.57. The minimum atomic E-state index is -0.125. The molecule has 3 N–H and O–H groups in total. The lowest BCUT2D eigenvalue weighted by molar-refractivity contribution is 0.471. The van der Waals surface area contributed by atoms with Crippen molar-refractivity contribution in [3.63, 3.8) is 0 Å². The van der Waals surface area contributed by atoms with E-state index in [4.69, 9.17) is 5.73 Å². The highest BCUT2D eigenvalue weighted by molar-refractivity contribution is 5.00. The van der Waals surface area contributed by atoms with Crippen molar-refractivity contribution in [2.75, 3.05) is 0 Å². The van der Waals surface area contributed by atoms with Crippen molar-refractivity contribution in [2.24, 2.45) is 5.73 Å². The largest absolute Gasteiger partial charge is 0.326 e. The van der Waals surface area contributed by atoms with Crippen molar-refractivity contribution >= 4 is 0 Å². The predicted octanol–water partition coefficient (Wildman–Crippen LogP) is 2.13. The monoisotopic (exact) mass is 222 g/mol. The Morgan fingerprint density at radius 1 is 1.38 bits per heavy atom. The lowest BCUT2D eigenvalue weighted by Gasteiger charge is -2.16. The highest BCUT2D eigenvalue weighted by atomic mass is 15.2. The number of aromatic nitrogens is 3. The zero-order chi connectivity index (χ0) is 11.6. The van der Waals surface area contributed by atoms with Gasteiger partial charge in [-0.05, 0) is 33.1 Å². The molecular formula is C12H22N4. The molecule has 4 nitrogen and oxygen atoms in total. The fourth-order valence-corrected chi connectivity index (χ4v) is 2.23. The average Bonchev–Trinajstić information content (AvgIpc) is 2.84. The highest BCUT2D eigenvalue weighted by Crippen LogP contribution is 2.31. The number of aromatic amines is 1. The summed E-state index contributed by atoms with van der Waals surface area (Å²) in [6.45, 7) is 4.09. The van der Waals surface area contributed by atoms with E-state index in [9.17, 15) is 0 Å². The van der Waals surface area contributed by atoms with Crippen LogP contribution in [0.1, 0.15) is 63.5 Å². The fraction of sp³-hybridized carbons (Fsp3) is 0.833. The molecule has 90 valence electrons. The minimum absolute atomic E-state index is 0.125. The predicted molar refractivity (Wildman–Crippen MR) is 64.2 cm³/mol. The molecule has 0 spiro atoms. The average molecular weight is 222 g/mol. The van der Waals surface area contributed by atoms with Crippen LogP contribution in [0.5, 0.6) is 0 Å². The van der Waals surface area contributed by atoms with Crippen LogP contribution in [0, 0.1) is 0 Å². The van der Waals surface area contributed by atoms with Crippen LogP contribution >= 0.6 is 0 Å². The zero-order valence-corrected chi connectivity index (χ0v) is 10.3. The van der Waals surface area contributed by atoms with Crippen molar-refractivity contribution < 1.29 is 0 Å². The summed E-state index contributed by atoms with van der Waals surface area (Å²) in [5, 5.41) is 7.36. The van der Waals surface area contributed by atoms with Gasteiger partial charge in [-0.2, -0.15) is 5.10 Å². The lowest BCUT2D eigenvalue weighted by Crippen LogP contribution is -2.32. The third-order valence-corrected chi connectivity index (χ3v) is 3.28. The Balaban J connectivity index is 1.91. The molecule has 2 rings (SSSR count). The van der Waals surface area contributed by atoms with Crippen LogP contribution < -0.4 is 5.73 Å². The maximum Gasteiger partial charge on any atom is 0.153 e. The minimum Gasteiger partial charge on any atom is -0.326 e. The Bertz CT molecular complexity index is 331. The summed E-state index contributed by atoms with van der Waals surface area (Å²) in [6.07, 6.45) is 6.98. The SMILES string of the molecule is CC(C)(N)CCc1nc(C2CCCC2)n[nH]1. The third kappa shape index (κ3) is 3.04. The van der Waals surface area contributed by atoms with Gasteiger partial charge in [-0.1, -0.05) is 12.8 Å². The van der Waals surface area contributed by atoms with Crippen molar-refractivity contribution in [1.29, 1.82) is 0 Å². The second-order valence-electron chi connectivity index (χ2n) is 5.61. The molecule has 1 heterocycles. The third-order valence-electron chi connectivity index (χ3n) is 3.28. The summed E-state index contributed by atoms with van der Waals surface area (Å²) in [6, 6.07) is 0.